The first kappa shape index (κ1) is 20.7. The van der Waals surface area contributed by atoms with Crippen molar-refractivity contribution in [3.05, 3.63) is 81.4 Å². The van der Waals surface area contributed by atoms with Crippen molar-refractivity contribution >= 4 is 11.3 Å². The second kappa shape index (κ2) is 8.76. The smallest absolute Gasteiger partial charge is 0.241 e. The molecular formula is C25H25N3O3S. The average Bonchev–Trinajstić information content (AvgIpc) is 3.51. The van der Waals surface area contributed by atoms with Crippen molar-refractivity contribution in [1.82, 2.24) is 15.0 Å². The summed E-state index contributed by atoms with van der Waals surface area (Å²) in [5.74, 6) is 2.75. The van der Waals surface area contributed by atoms with Crippen LogP contribution in [0.15, 0.2) is 58.4 Å². The normalized spacial score (nSPS) is 16.0. The van der Waals surface area contributed by atoms with E-state index in [2.05, 4.69) is 63.7 Å². The molecule has 1 atom stereocenters. The third-order valence-electron chi connectivity index (χ3n) is 5.90. The van der Waals surface area contributed by atoms with Gasteiger partial charge < -0.3 is 14.0 Å². The molecule has 1 aliphatic heterocycles. The van der Waals surface area contributed by atoms with Crippen molar-refractivity contribution in [1.29, 1.82) is 0 Å². The summed E-state index contributed by atoms with van der Waals surface area (Å²) in [5, 5.41) is 6.33. The SMILES string of the molecule is COc1cc2c(cc1OC)C(c1cccs1)N(Cc1nc(-c3ccc(C)cc3)no1)CC2. The molecule has 0 radical (unpaired) electrons. The number of aromatic nitrogens is 2. The first-order valence-electron chi connectivity index (χ1n) is 10.6. The van der Waals surface area contributed by atoms with Gasteiger partial charge in [-0.05, 0) is 48.1 Å². The number of thiophene rings is 1. The van der Waals surface area contributed by atoms with Crippen LogP contribution in [-0.4, -0.2) is 35.8 Å². The highest BCUT2D eigenvalue weighted by atomic mass is 32.1. The molecule has 3 heterocycles. The van der Waals surface area contributed by atoms with Crippen LogP contribution in [0.1, 0.15) is 33.5 Å². The number of nitrogens with zero attached hydrogens (tertiary/aromatic N) is 3. The van der Waals surface area contributed by atoms with E-state index in [4.69, 9.17) is 14.0 Å². The lowest BCUT2D eigenvalue weighted by molar-refractivity contribution is 0.179. The molecule has 0 N–H and O–H groups in total. The van der Waals surface area contributed by atoms with Crippen LogP contribution in [0.3, 0.4) is 0 Å². The van der Waals surface area contributed by atoms with E-state index in [1.165, 1.54) is 21.6 Å². The quantitative estimate of drug-likeness (QED) is 0.401. The Morgan fingerprint density at radius 2 is 1.88 bits per heavy atom. The molecule has 0 amide bonds. The van der Waals surface area contributed by atoms with E-state index in [0.717, 1.165) is 30.0 Å². The van der Waals surface area contributed by atoms with Gasteiger partial charge in [0.2, 0.25) is 11.7 Å². The number of hydrogen-bond donors (Lipinski definition) is 0. The molecule has 0 aliphatic carbocycles. The summed E-state index contributed by atoms with van der Waals surface area (Å²) in [4.78, 5) is 8.35. The highest BCUT2D eigenvalue weighted by Gasteiger charge is 2.32. The highest BCUT2D eigenvalue weighted by molar-refractivity contribution is 7.10. The van der Waals surface area contributed by atoms with E-state index in [1.54, 1.807) is 25.6 Å². The Labute approximate surface area is 191 Å². The Balaban J connectivity index is 1.47. The van der Waals surface area contributed by atoms with Crippen LogP contribution in [0.5, 0.6) is 11.5 Å². The molecule has 0 spiro atoms. The third kappa shape index (κ3) is 3.89. The maximum Gasteiger partial charge on any atom is 0.241 e. The zero-order chi connectivity index (χ0) is 22.1. The number of benzene rings is 2. The van der Waals surface area contributed by atoms with Crippen molar-refractivity contribution in [2.45, 2.75) is 25.9 Å². The fraction of sp³-hybridized carbons (Fsp3) is 0.280. The summed E-state index contributed by atoms with van der Waals surface area (Å²) < 4.78 is 16.8. The summed E-state index contributed by atoms with van der Waals surface area (Å²) >= 11 is 1.75. The number of fused-ring (bicyclic) bond motifs is 1. The molecule has 2 aromatic heterocycles. The van der Waals surface area contributed by atoms with E-state index in [-0.39, 0.29) is 6.04 Å². The van der Waals surface area contributed by atoms with Crippen LogP contribution in [0.25, 0.3) is 11.4 Å². The summed E-state index contributed by atoms with van der Waals surface area (Å²) in [6, 6.07) is 16.7. The van der Waals surface area contributed by atoms with Crippen LogP contribution in [0.2, 0.25) is 0 Å². The molecule has 164 valence electrons. The van der Waals surface area contributed by atoms with Crippen molar-refractivity contribution in [2.24, 2.45) is 0 Å². The number of hydrogen-bond acceptors (Lipinski definition) is 7. The van der Waals surface area contributed by atoms with Crippen molar-refractivity contribution in [3.8, 4) is 22.9 Å². The molecule has 4 aromatic rings. The van der Waals surface area contributed by atoms with Gasteiger partial charge in [-0.3, -0.25) is 4.90 Å². The molecule has 0 fully saturated rings. The van der Waals surface area contributed by atoms with Gasteiger partial charge in [0.25, 0.3) is 0 Å². The van der Waals surface area contributed by atoms with Crippen molar-refractivity contribution in [2.75, 3.05) is 20.8 Å². The fourth-order valence-corrected chi connectivity index (χ4v) is 5.14. The van der Waals surface area contributed by atoms with Gasteiger partial charge in [-0.15, -0.1) is 11.3 Å². The number of rotatable bonds is 6. The van der Waals surface area contributed by atoms with Crippen molar-refractivity contribution in [3.63, 3.8) is 0 Å². The predicted octanol–water partition coefficient (Wildman–Crippen LogP) is 5.27. The Kier molecular flexibility index (Phi) is 5.68. The largest absolute Gasteiger partial charge is 0.493 e. The number of aryl methyl sites for hydroxylation is 1. The minimum atomic E-state index is 0.0910. The van der Waals surface area contributed by atoms with Gasteiger partial charge >= 0.3 is 0 Å². The second-order valence-electron chi connectivity index (χ2n) is 7.92. The highest BCUT2D eigenvalue weighted by Crippen LogP contribution is 2.42. The summed E-state index contributed by atoms with van der Waals surface area (Å²) in [5.41, 5.74) is 4.68. The van der Waals surface area contributed by atoms with Gasteiger partial charge in [-0.25, -0.2) is 0 Å². The van der Waals surface area contributed by atoms with E-state index in [9.17, 15) is 0 Å². The van der Waals surface area contributed by atoms with E-state index in [0.29, 0.717) is 18.3 Å². The standard InChI is InChI=1S/C25H25N3O3S/c1-16-6-8-17(9-7-16)25-26-23(31-27-25)15-28-11-10-18-13-20(29-2)21(30-3)14-19(18)24(28)22-5-4-12-32-22/h4-9,12-14,24H,10-11,15H2,1-3H3. The first-order chi connectivity index (χ1) is 15.7. The van der Waals surface area contributed by atoms with E-state index in [1.807, 2.05) is 12.1 Å². The average molecular weight is 448 g/mol. The minimum Gasteiger partial charge on any atom is -0.493 e. The van der Waals surface area contributed by atoms with Crippen LogP contribution in [0.4, 0.5) is 0 Å². The lowest BCUT2D eigenvalue weighted by Crippen LogP contribution is -2.35. The summed E-state index contributed by atoms with van der Waals surface area (Å²) in [6.45, 7) is 3.53. The lowest BCUT2D eigenvalue weighted by atomic mass is 9.91. The third-order valence-corrected chi connectivity index (χ3v) is 6.83. The molecule has 1 aliphatic rings. The van der Waals surface area contributed by atoms with Crippen molar-refractivity contribution < 1.29 is 14.0 Å². The molecule has 0 saturated heterocycles. The Morgan fingerprint density at radius 3 is 2.59 bits per heavy atom. The van der Waals surface area contributed by atoms with Crippen LogP contribution in [0, 0.1) is 6.92 Å². The first-order valence-corrected chi connectivity index (χ1v) is 11.5. The second-order valence-corrected chi connectivity index (χ2v) is 8.90. The lowest BCUT2D eigenvalue weighted by Gasteiger charge is -2.36. The number of ether oxygens (including phenoxy) is 2. The van der Waals surface area contributed by atoms with Gasteiger partial charge in [-0.1, -0.05) is 41.1 Å². The molecule has 7 heteroatoms. The monoisotopic (exact) mass is 447 g/mol. The molecule has 0 bridgehead atoms. The minimum absolute atomic E-state index is 0.0910. The maximum absolute atomic E-state index is 5.64. The molecule has 0 saturated carbocycles. The van der Waals surface area contributed by atoms with Gasteiger partial charge in [0.05, 0.1) is 26.8 Å². The molecular weight excluding hydrogens is 422 g/mol. The fourth-order valence-electron chi connectivity index (χ4n) is 4.26. The number of methoxy groups -OCH3 is 2. The zero-order valence-corrected chi connectivity index (χ0v) is 19.2. The Hall–Kier alpha value is -3.16. The Bertz CT molecular complexity index is 1200. The molecule has 5 rings (SSSR count). The van der Waals surface area contributed by atoms with Crippen LogP contribution >= 0.6 is 11.3 Å². The van der Waals surface area contributed by atoms with Gasteiger partial charge in [0, 0.05) is 17.0 Å². The summed E-state index contributed by atoms with van der Waals surface area (Å²) in [6.07, 6.45) is 0.913. The Morgan fingerprint density at radius 1 is 1.09 bits per heavy atom. The molecule has 6 nitrogen and oxygen atoms in total. The summed E-state index contributed by atoms with van der Waals surface area (Å²) in [7, 11) is 3.35. The molecule has 32 heavy (non-hydrogen) atoms. The zero-order valence-electron chi connectivity index (χ0n) is 18.4. The van der Waals surface area contributed by atoms with E-state index < -0.39 is 0 Å². The van der Waals surface area contributed by atoms with Gasteiger partial charge in [-0.2, -0.15) is 4.98 Å². The van der Waals surface area contributed by atoms with Crippen LogP contribution < -0.4 is 9.47 Å². The van der Waals surface area contributed by atoms with Crippen LogP contribution in [-0.2, 0) is 13.0 Å². The predicted molar refractivity (Wildman–Crippen MR) is 124 cm³/mol. The van der Waals surface area contributed by atoms with E-state index >= 15 is 0 Å². The molecule has 1 unspecified atom stereocenters. The van der Waals surface area contributed by atoms with Gasteiger partial charge in [0.15, 0.2) is 11.5 Å². The molecule has 2 aromatic carbocycles. The van der Waals surface area contributed by atoms with Gasteiger partial charge in [0.1, 0.15) is 0 Å². The topological polar surface area (TPSA) is 60.6 Å². The maximum atomic E-state index is 5.64.